The molecule has 136 valence electrons. The highest BCUT2D eigenvalue weighted by atomic mass is 19.1. The molecule has 2 fully saturated rings. The highest BCUT2D eigenvalue weighted by molar-refractivity contribution is 5.90. The van der Waals surface area contributed by atoms with Crippen LogP contribution in [0, 0.1) is 23.0 Å². The molecular formula is C19H23F2NO3. The Kier molecular flexibility index (Phi) is 4.33. The number of hydrogen-bond donors (Lipinski definition) is 1. The molecule has 0 aromatic heterocycles. The summed E-state index contributed by atoms with van der Waals surface area (Å²) in [7, 11) is 0. The molecule has 6 heteroatoms. The molecule has 1 aliphatic heterocycles. The molecule has 4 nitrogen and oxygen atoms in total. The molecule has 1 atom stereocenters. The van der Waals surface area contributed by atoms with Crippen LogP contribution < -0.4 is 0 Å². The van der Waals surface area contributed by atoms with Crippen molar-refractivity contribution >= 4 is 11.9 Å². The summed E-state index contributed by atoms with van der Waals surface area (Å²) in [5.41, 5.74) is -2.35. The smallest absolute Gasteiger partial charge is 0.311 e. The Bertz CT molecular complexity index is 694. The van der Waals surface area contributed by atoms with Crippen molar-refractivity contribution < 1.29 is 23.5 Å². The zero-order valence-electron chi connectivity index (χ0n) is 14.5. The van der Waals surface area contributed by atoms with E-state index in [-0.39, 0.29) is 23.9 Å². The average molecular weight is 351 g/mol. The number of halogens is 2. The quantitative estimate of drug-likeness (QED) is 0.905. The van der Waals surface area contributed by atoms with Gasteiger partial charge in [-0.2, -0.15) is 0 Å². The maximum atomic E-state index is 14.3. The Morgan fingerprint density at radius 2 is 1.76 bits per heavy atom. The minimum absolute atomic E-state index is 0.0939. The van der Waals surface area contributed by atoms with E-state index in [4.69, 9.17) is 0 Å². The predicted molar refractivity (Wildman–Crippen MR) is 88.0 cm³/mol. The first-order valence-corrected chi connectivity index (χ1v) is 8.72. The molecule has 1 unspecified atom stereocenters. The first kappa shape index (κ1) is 17.8. The second kappa shape index (κ2) is 6.07. The third-order valence-corrected chi connectivity index (χ3v) is 6.18. The molecule has 1 saturated heterocycles. The Morgan fingerprint density at radius 3 is 2.16 bits per heavy atom. The van der Waals surface area contributed by atoms with Gasteiger partial charge in [0.25, 0.3) is 0 Å². The standard InChI is InChI=1S/C19H23F2NO3/c1-12(2)19(17(24)25)9-10-22(11-19)16(23)18(7-4-8-18)15-13(20)5-3-6-14(15)21/h3,5-6,12H,4,7-11H2,1-2H3,(H,24,25). The van der Waals surface area contributed by atoms with E-state index < -0.39 is 28.4 Å². The number of likely N-dealkylation sites (tertiary alicyclic amines) is 1. The maximum absolute atomic E-state index is 14.3. The summed E-state index contributed by atoms with van der Waals surface area (Å²) < 4.78 is 28.6. The predicted octanol–water partition coefficient (Wildman–Crippen LogP) is 3.35. The van der Waals surface area contributed by atoms with Gasteiger partial charge in [-0.05, 0) is 37.3 Å². The van der Waals surface area contributed by atoms with Crippen LogP contribution in [-0.2, 0) is 15.0 Å². The number of amides is 1. The molecule has 0 radical (unpaired) electrons. The van der Waals surface area contributed by atoms with E-state index in [1.165, 1.54) is 23.1 Å². The van der Waals surface area contributed by atoms with E-state index in [9.17, 15) is 23.5 Å². The first-order chi connectivity index (χ1) is 11.7. The molecule has 1 aromatic carbocycles. The second-order valence-electron chi connectivity index (χ2n) is 7.63. The number of carbonyl (C=O) groups is 2. The number of rotatable bonds is 4. The molecule has 0 bridgehead atoms. The van der Waals surface area contributed by atoms with Crippen molar-refractivity contribution in [1.29, 1.82) is 0 Å². The molecule has 1 amide bonds. The topological polar surface area (TPSA) is 57.6 Å². The number of aliphatic carboxylic acids is 1. The molecule has 1 heterocycles. The molecule has 0 spiro atoms. The third-order valence-electron chi connectivity index (χ3n) is 6.18. The average Bonchev–Trinajstić information content (AvgIpc) is 2.95. The van der Waals surface area contributed by atoms with Gasteiger partial charge >= 0.3 is 5.97 Å². The molecule has 1 aliphatic carbocycles. The molecule has 2 aliphatic rings. The molecule has 1 saturated carbocycles. The zero-order chi connectivity index (χ0) is 18.4. The van der Waals surface area contributed by atoms with E-state index in [0.29, 0.717) is 25.8 Å². The lowest BCUT2D eigenvalue weighted by molar-refractivity contribution is -0.152. The van der Waals surface area contributed by atoms with Gasteiger partial charge in [0.05, 0.1) is 10.8 Å². The van der Waals surface area contributed by atoms with E-state index in [1.807, 2.05) is 13.8 Å². The summed E-state index contributed by atoms with van der Waals surface area (Å²) in [6, 6.07) is 3.63. The van der Waals surface area contributed by atoms with E-state index in [0.717, 1.165) is 6.42 Å². The highest BCUT2D eigenvalue weighted by Crippen LogP contribution is 2.49. The highest BCUT2D eigenvalue weighted by Gasteiger charge is 2.55. The van der Waals surface area contributed by atoms with Gasteiger partial charge in [0.1, 0.15) is 11.6 Å². The number of carboxylic acids is 1. The maximum Gasteiger partial charge on any atom is 0.311 e. The van der Waals surface area contributed by atoms with Crippen LogP contribution in [-0.4, -0.2) is 35.0 Å². The fraction of sp³-hybridized carbons (Fsp3) is 0.579. The molecule has 1 N–H and O–H groups in total. The van der Waals surface area contributed by atoms with Crippen molar-refractivity contribution in [2.45, 2.75) is 44.9 Å². The Hall–Kier alpha value is -1.98. The minimum atomic E-state index is -1.19. The molecule has 1 aromatic rings. The number of benzene rings is 1. The van der Waals surface area contributed by atoms with Crippen LogP contribution >= 0.6 is 0 Å². The van der Waals surface area contributed by atoms with Crippen LogP contribution in [0.25, 0.3) is 0 Å². The Labute approximate surface area is 145 Å². The number of nitrogens with zero attached hydrogens (tertiary/aromatic N) is 1. The molecule has 25 heavy (non-hydrogen) atoms. The first-order valence-electron chi connectivity index (χ1n) is 8.72. The monoisotopic (exact) mass is 351 g/mol. The lowest BCUT2D eigenvalue weighted by Gasteiger charge is -2.43. The SMILES string of the molecule is CC(C)C1(C(=O)O)CCN(C(=O)C2(c3c(F)cccc3F)CCC2)C1. The Balaban J connectivity index is 1.94. The number of carbonyl (C=O) groups excluding carboxylic acids is 1. The summed E-state index contributed by atoms with van der Waals surface area (Å²) in [6.45, 7) is 4.06. The lowest BCUT2D eigenvalue weighted by Crippen LogP contribution is -2.52. The second-order valence-corrected chi connectivity index (χ2v) is 7.63. The normalized spacial score (nSPS) is 25.1. The van der Waals surface area contributed by atoms with E-state index >= 15 is 0 Å². The third kappa shape index (κ3) is 2.53. The van der Waals surface area contributed by atoms with E-state index in [2.05, 4.69) is 0 Å². The summed E-state index contributed by atoms with van der Waals surface area (Å²) in [5, 5.41) is 9.66. The number of hydrogen-bond acceptors (Lipinski definition) is 2. The van der Waals surface area contributed by atoms with E-state index in [1.54, 1.807) is 0 Å². The minimum Gasteiger partial charge on any atom is -0.481 e. The van der Waals surface area contributed by atoms with Crippen molar-refractivity contribution in [3.05, 3.63) is 35.4 Å². The molecular weight excluding hydrogens is 328 g/mol. The Morgan fingerprint density at radius 1 is 1.16 bits per heavy atom. The van der Waals surface area contributed by atoms with Crippen molar-refractivity contribution in [3.8, 4) is 0 Å². The van der Waals surface area contributed by atoms with Gasteiger partial charge in [0.2, 0.25) is 5.91 Å². The van der Waals surface area contributed by atoms with Gasteiger partial charge in [-0.1, -0.05) is 26.3 Å². The largest absolute Gasteiger partial charge is 0.481 e. The molecule has 3 rings (SSSR count). The van der Waals surface area contributed by atoms with Crippen LogP contribution in [0.4, 0.5) is 8.78 Å². The van der Waals surface area contributed by atoms with Crippen LogP contribution in [0.2, 0.25) is 0 Å². The van der Waals surface area contributed by atoms with Gasteiger partial charge in [-0.15, -0.1) is 0 Å². The fourth-order valence-electron chi connectivity index (χ4n) is 4.26. The van der Waals surface area contributed by atoms with Crippen molar-refractivity contribution in [1.82, 2.24) is 4.90 Å². The zero-order valence-corrected chi connectivity index (χ0v) is 14.5. The van der Waals surface area contributed by atoms with Gasteiger partial charge in [0.15, 0.2) is 0 Å². The summed E-state index contributed by atoms with van der Waals surface area (Å²) in [6.07, 6.45) is 1.87. The van der Waals surface area contributed by atoms with Gasteiger partial charge in [-0.25, -0.2) is 8.78 Å². The van der Waals surface area contributed by atoms with Crippen LogP contribution in [0.1, 0.15) is 45.1 Å². The summed E-state index contributed by atoms with van der Waals surface area (Å²) >= 11 is 0. The van der Waals surface area contributed by atoms with Crippen LogP contribution in [0.15, 0.2) is 18.2 Å². The van der Waals surface area contributed by atoms with Crippen LogP contribution in [0.5, 0.6) is 0 Å². The van der Waals surface area contributed by atoms with Crippen molar-refractivity contribution in [2.24, 2.45) is 11.3 Å². The summed E-state index contributed by atoms with van der Waals surface area (Å²) in [4.78, 5) is 26.5. The fourth-order valence-corrected chi connectivity index (χ4v) is 4.26. The van der Waals surface area contributed by atoms with Gasteiger partial charge in [-0.3, -0.25) is 9.59 Å². The lowest BCUT2D eigenvalue weighted by atomic mass is 9.63. The summed E-state index contributed by atoms with van der Waals surface area (Å²) in [5.74, 6) is -2.81. The number of carboxylic acid groups (broad SMARTS) is 1. The van der Waals surface area contributed by atoms with Gasteiger partial charge in [0, 0.05) is 18.7 Å². The van der Waals surface area contributed by atoms with Crippen LogP contribution in [0.3, 0.4) is 0 Å². The van der Waals surface area contributed by atoms with Crippen molar-refractivity contribution in [2.75, 3.05) is 13.1 Å². The van der Waals surface area contributed by atoms with Crippen molar-refractivity contribution in [3.63, 3.8) is 0 Å². The van der Waals surface area contributed by atoms with Gasteiger partial charge < -0.3 is 10.0 Å².